The van der Waals surface area contributed by atoms with Crippen LogP contribution >= 0.6 is 11.6 Å². The van der Waals surface area contributed by atoms with Crippen LogP contribution in [0, 0.1) is 5.92 Å². The van der Waals surface area contributed by atoms with E-state index in [9.17, 15) is 13.2 Å². The Morgan fingerprint density at radius 1 is 1.31 bits per heavy atom. The van der Waals surface area contributed by atoms with E-state index in [0.717, 1.165) is 35.9 Å². The van der Waals surface area contributed by atoms with Crippen LogP contribution in [0.4, 0.5) is 5.69 Å². The fourth-order valence-electron chi connectivity index (χ4n) is 3.53. The first kappa shape index (κ1) is 21.8. The van der Waals surface area contributed by atoms with Gasteiger partial charge in [-0.15, -0.1) is 0 Å². The Morgan fingerprint density at radius 2 is 2.14 bits per heavy atom. The van der Waals surface area contributed by atoms with E-state index < -0.39 is 10.0 Å². The third kappa shape index (κ3) is 5.58. The first-order valence-corrected chi connectivity index (χ1v) is 11.9. The highest BCUT2D eigenvalue weighted by Gasteiger charge is 2.31. The van der Waals surface area contributed by atoms with Crippen molar-refractivity contribution in [2.75, 3.05) is 37.2 Å². The van der Waals surface area contributed by atoms with Crippen molar-refractivity contribution in [1.29, 1.82) is 0 Å². The standard InChI is InChI=1S/C20H27ClN4O3S/c1-2-29(27,28)25-12-3-5-15(14-25)20(26)24-10-4-9-22-18-8-11-23-19-13-16(21)6-7-17(18)19/h6-8,11,13,15H,2-5,9-10,12,14H2,1H3,(H,22,23)(H,24,26)/t15-/m0/s1. The maximum absolute atomic E-state index is 12.4. The van der Waals surface area contributed by atoms with Crippen molar-refractivity contribution < 1.29 is 13.2 Å². The van der Waals surface area contributed by atoms with Gasteiger partial charge in [-0.2, -0.15) is 0 Å². The number of anilines is 1. The van der Waals surface area contributed by atoms with Crippen LogP contribution in [0.15, 0.2) is 30.5 Å². The number of amides is 1. The largest absolute Gasteiger partial charge is 0.384 e. The lowest BCUT2D eigenvalue weighted by Gasteiger charge is -2.30. The number of aromatic nitrogens is 1. The number of carbonyl (C=O) groups excluding carboxylic acids is 1. The monoisotopic (exact) mass is 438 g/mol. The van der Waals surface area contributed by atoms with Gasteiger partial charge in [-0.3, -0.25) is 9.78 Å². The van der Waals surface area contributed by atoms with E-state index in [0.29, 0.717) is 24.7 Å². The van der Waals surface area contributed by atoms with E-state index in [4.69, 9.17) is 11.6 Å². The van der Waals surface area contributed by atoms with Crippen molar-refractivity contribution in [3.8, 4) is 0 Å². The minimum Gasteiger partial charge on any atom is -0.384 e. The molecule has 0 saturated carbocycles. The van der Waals surface area contributed by atoms with Crippen molar-refractivity contribution in [3.05, 3.63) is 35.5 Å². The molecule has 7 nitrogen and oxygen atoms in total. The van der Waals surface area contributed by atoms with Crippen LogP contribution in [0.3, 0.4) is 0 Å². The highest BCUT2D eigenvalue weighted by molar-refractivity contribution is 7.89. The first-order valence-electron chi connectivity index (χ1n) is 9.94. The summed E-state index contributed by atoms with van der Waals surface area (Å²) in [5.74, 6) is -0.264. The van der Waals surface area contributed by atoms with Crippen LogP contribution in [-0.2, 0) is 14.8 Å². The van der Waals surface area contributed by atoms with Gasteiger partial charge in [0.15, 0.2) is 0 Å². The Kier molecular flexibility index (Phi) is 7.32. The molecule has 29 heavy (non-hydrogen) atoms. The summed E-state index contributed by atoms with van der Waals surface area (Å²) in [6.45, 7) is 3.66. The van der Waals surface area contributed by atoms with Gasteiger partial charge in [0.1, 0.15) is 0 Å². The van der Waals surface area contributed by atoms with E-state index in [1.165, 1.54) is 4.31 Å². The molecule has 1 aromatic heterocycles. The van der Waals surface area contributed by atoms with Gasteiger partial charge in [-0.1, -0.05) is 11.6 Å². The lowest BCUT2D eigenvalue weighted by molar-refractivity contribution is -0.126. The summed E-state index contributed by atoms with van der Waals surface area (Å²) in [5, 5.41) is 7.97. The number of pyridine rings is 1. The van der Waals surface area contributed by atoms with E-state index in [1.807, 2.05) is 24.3 Å². The normalized spacial score (nSPS) is 17.9. The van der Waals surface area contributed by atoms with E-state index in [2.05, 4.69) is 15.6 Å². The van der Waals surface area contributed by atoms with Crippen molar-refractivity contribution >= 4 is 44.1 Å². The number of benzene rings is 1. The summed E-state index contributed by atoms with van der Waals surface area (Å²) in [6.07, 6.45) is 3.94. The smallest absolute Gasteiger partial charge is 0.224 e. The van der Waals surface area contributed by atoms with Gasteiger partial charge < -0.3 is 10.6 Å². The van der Waals surface area contributed by atoms with Gasteiger partial charge in [-0.25, -0.2) is 12.7 Å². The summed E-state index contributed by atoms with van der Waals surface area (Å²) < 4.78 is 25.5. The number of halogens is 1. The van der Waals surface area contributed by atoms with E-state index in [-0.39, 0.29) is 24.1 Å². The third-order valence-corrected chi connectivity index (χ3v) is 7.27. The molecule has 0 bridgehead atoms. The number of piperidine rings is 1. The quantitative estimate of drug-likeness (QED) is 0.618. The molecular weight excluding hydrogens is 412 g/mol. The van der Waals surface area contributed by atoms with Crippen LogP contribution in [0.1, 0.15) is 26.2 Å². The Balaban J connectivity index is 1.44. The second-order valence-electron chi connectivity index (χ2n) is 7.19. The van der Waals surface area contributed by atoms with Crippen LogP contribution in [0.2, 0.25) is 5.02 Å². The maximum Gasteiger partial charge on any atom is 0.224 e. The lowest BCUT2D eigenvalue weighted by Crippen LogP contribution is -2.46. The summed E-state index contributed by atoms with van der Waals surface area (Å²) >= 11 is 6.02. The van der Waals surface area contributed by atoms with Gasteiger partial charge in [0.25, 0.3) is 0 Å². The van der Waals surface area contributed by atoms with Gasteiger partial charge in [0, 0.05) is 48.5 Å². The Labute approximate surface area is 176 Å². The fraction of sp³-hybridized carbons (Fsp3) is 0.500. The SMILES string of the molecule is CCS(=O)(=O)N1CCC[C@H](C(=O)NCCCNc2ccnc3cc(Cl)ccc23)C1. The third-order valence-electron chi connectivity index (χ3n) is 5.19. The first-order chi connectivity index (χ1) is 13.9. The number of sulfonamides is 1. The molecule has 2 heterocycles. The summed E-state index contributed by atoms with van der Waals surface area (Å²) in [5.41, 5.74) is 1.81. The minimum atomic E-state index is -3.24. The molecule has 0 spiro atoms. The molecular formula is C20H27ClN4O3S. The maximum atomic E-state index is 12.4. The molecule has 158 valence electrons. The molecule has 1 atom stereocenters. The lowest BCUT2D eigenvalue weighted by atomic mass is 9.99. The Morgan fingerprint density at radius 3 is 2.93 bits per heavy atom. The molecule has 1 aromatic carbocycles. The molecule has 0 unspecified atom stereocenters. The molecule has 1 aliphatic rings. The van der Waals surface area contributed by atoms with E-state index >= 15 is 0 Å². The van der Waals surface area contributed by atoms with Gasteiger partial charge in [0.05, 0.1) is 17.2 Å². The summed E-state index contributed by atoms with van der Waals surface area (Å²) in [4.78, 5) is 16.7. The molecule has 3 rings (SSSR count). The van der Waals surface area contributed by atoms with Gasteiger partial charge >= 0.3 is 0 Å². The average molecular weight is 439 g/mol. The predicted octanol–water partition coefficient (Wildman–Crippen LogP) is 2.87. The molecule has 0 radical (unpaired) electrons. The van der Waals surface area contributed by atoms with Gasteiger partial charge in [0.2, 0.25) is 15.9 Å². The van der Waals surface area contributed by atoms with Crippen LogP contribution < -0.4 is 10.6 Å². The highest BCUT2D eigenvalue weighted by Crippen LogP contribution is 2.24. The summed E-state index contributed by atoms with van der Waals surface area (Å²) in [6, 6.07) is 7.52. The number of hydrogen-bond donors (Lipinski definition) is 2. The number of rotatable bonds is 8. The molecule has 0 aliphatic carbocycles. The highest BCUT2D eigenvalue weighted by atomic mass is 35.5. The van der Waals surface area contributed by atoms with Crippen LogP contribution in [0.25, 0.3) is 10.9 Å². The number of nitrogens with one attached hydrogen (secondary N) is 2. The second-order valence-corrected chi connectivity index (χ2v) is 9.88. The molecule has 9 heteroatoms. The van der Waals surface area contributed by atoms with Crippen molar-refractivity contribution in [2.45, 2.75) is 26.2 Å². The molecule has 1 aliphatic heterocycles. The topological polar surface area (TPSA) is 91.4 Å². The van der Waals surface area contributed by atoms with Crippen LogP contribution in [0.5, 0.6) is 0 Å². The second kappa shape index (κ2) is 9.73. The number of nitrogens with zero attached hydrogens (tertiary/aromatic N) is 2. The molecule has 2 aromatic rings. The minimum absolute atomic E-state index is 0.0648. The van der Waals surface area contributed by atoms with Crippen molar-refractivity contribution in [2.24, 2.45) is 5.92 Å². The number of fused-ring (bicyclic) bond motifs is 1. The molecule has 1 amide bonds. The zero-order chi connectivity index (χ0) is 20.9. The average Bonchev–Trinajstić information content (AvgIpc) is 2.73. The Bertz CT molecular complexity index is 967. The Hall–Kier alpha value is -1.90. The zero-order valence-corrected chi connectivity index (χ0v) is 18.1. The zero-order valence-electron chi connectivity index (χ0n) is 16.5. The van der Waals surface area contributed by atoms with Crippen LogP contribution in [-0.4, -0.2) is 55.5 Å². The fourth-order valence-corrected chi connectivity index (χ4v) is 4.88. The molecule has 2 N–H and O–H groups in total. The molecule has 1 saturated heterocycles. The van der Waals surface area contributed by atoms with E-state index in [1.54, 1.807) is 13.1 Å². The van der Waals surface area contributed by atoms with Crippen molar-refractivity contribution in [1.82, 2.24) is 14.6 Å². The predicted molar refractivity (Wildman–Crippen MR) is 117 cm³/mol. The number of hydrogen-bond acceptors (Lipinski definition) is 5. The number of carbonyl (C=O) groups is 1. The summed E-state index contributed by atoms with van der Waals surface area (Å²) in [7, 11) is -3.24. The van der Waals surface area contributed by atoms with Crippen molar-refractivity contribution in [3.63, 3.8) is 0 Å². The molecule has 1 fully saturated rings. The van der Waals surface area contributed by atoms with Gasteiger partial charge in [-0.05, 0) is 50.5 Å².